The predicted octanol–water partition coefficient (Wildman–Crippen LogP) is 5.80. The number of hydrogen-bond acceptors (Lipinski definition) is 5. The van der Waals surface area contributed by atoms with E-state index in [-0.39, 0.29) is 5.56 Å². The van der Waals surface area contributed by atoms with Gasteiger partial charge in [-0.1, -0.05) is 51.5 Å². The molecular weight excluding hydrogens is 615 g/mol. The molecule has 0 amide bonds. The van der Waals surface area contributed by atoms with Crippen LogP contribution in [0.2, 0.25) is 0 Å². The highest BCUT2D eigenvalue weighted by Crippen LogP contribution is 2.35. The van der Waals surface area contributed by atoms with Gasteiger partial charge in [0.2, 0.25) is 0 Å². The molecule has 0 aliphatic carbocycles. The molecule has 0 bridgehead atoms. The third kappa shape index (κ3) is 4.51. The molecule has 33 heavy (non-hydrogen) atoms. The molecule has 2 heterocycles. The molecule has 0 N–H and O–H groups in total. The number of fused-ring (bicyclic) bond motifs is 3. The lowest BCUT2D eigenvalue weighted by Crippen LogP contribution is -2.22. The van der Waals surface area contributed by atoms with Gasteiger partial charge in [0.25, 0.3) is 5.56 Å². The van der Waals surface area contributed by atoms with E-state index in [9.17, 15) is 4.79 Å². The summed E-state index contributed by atoms with van der Waals surface area (Å²) in [4.78, 5) is 18.4. The highest BCUT2D eigenvalue weighted by molar-refractivity contribution is 14.1. The number of aromatic nitrogens is 2. The summed E-state index contributed by atoms with van der Waals surface area (Å²) in [6.45, 7) is 2.88. The number of imidazole rings is 1. The zero-order valence-corrected chi connectivity index (χ0v) is 22.1. The lowest BCUT2D eigenvalue weighted by Gasteiger charge is -2.14. The first-order valence-electron chi connectivity index (χ1n) is 10.3. The molecular formula is C25H18BrIN2O3S. The van der Waals surface area contributed by atoms with Crippen LogP contribution in [-0.4, -0.2) is 16.0 Å². The van der Waals surface area contributed by atoms with Gasteiger partial charge in [-0.15, -0.1) is 0 Å². The van der Waals surface area contributed by atoms with Crippen LogP contribution < -0.4 is 19.6 Å². The van der Waals surface area contributed by atoms with Gasteiger partial charge in [-0.05, 0) is 83.1 Å². The van der Waals surface area contributed by atoms with E-state index in [1.54, 1.807) is 4.40 Å². The Bertz CT molecular complexity index is 1580. The minimum absolute atomic E-state index is 0.0763. The Balaban J connectivity index is 1.52. The first-order valence-corrected chi connectivity index (χ1v) is 13.0. The Morgan fingerprint density at radius 1 is 1.09 bits per heavy atom. The maximum atomic E-state index is 13.1. The van der Waals surface area contributed by atoms with Crippen molar-refractivity contribution in [2.24, 2.45) is 0 Å². The monoisotopic (exact) mass is 632 g/mol. The average molecular weight is 633 g/mol. The smallest absolute Gasteiger partial charge is 0.274 e. The van der Waals surface area contributed by atoms with E-state index in [4.69, 9.17) is 9.47 Å². The van der Waals surface area contributed by atoms with Crippen molar-refractivity contribution in [1.82, 2.24) is 9.38 Å². The van der Waals surface area contributed by atoms with Crippen LogP contribution in [0.15, 0.2) is 69.9 Å². The van der Waals surface area contributed by atoms with Gasteiger partial charge in [0.1, 0.15) is 6.61 Å². The number of benzene rings is 3. The van der Waals surface area contributed by atoms with Crippen LogP contribution in [0.5, 0.6) is 11.5 Å². The molecule has 0 spiro atoms. The van der Waals surface area contributed by atoms with Gasteiger partial charge in [0.15, 0.2) is 16.5 Å². The Morgan fingerprint density at radius 2 is 1.85 bits per heavy atom. The third-order valence-electron chi connectivity index (χ3n) is 5.10. The zero-order valence-electron chi connectivity index (χ0n) is 17.5. The first kappa shape index (κ1) is 22.4. The van der Waals surface area contributed by atoms with E-state index in [0.717, 1.165) is 26.6 Å². The normalized spacial score (nSPS) is 12.0. The van der Waals surface area contributed by atoms with E-state index in [1.807, 2.05) is 61.5 Å². The van der Waals surface area contributed by atoms with Crippen molar-refractivity contribution < 1.29 is 9.47 Å². The quantitative estimate of drug-likeness (QED) is 0.222. The molecule has 8 heteroatoms. The number of nitrogens with zero attached hydrogens (tertiary/aromatic N) is 2. The third-order valence-corrected chi connectivity index (χ3v) is 7.48. The largest absolute Gasteiger partial charge is 0.490 e. The summed E-state index contributed by atoms with van der Waals surface area (Å²) in [7, 11) is 0. The van der Waals surface area contributed by atoms with Crippen LogP contribution in [0.25, 0.3) is 22.1 Å². The second kappa shape index (κ2) is 9.44. The lowest BCUT2D eigenvalue weighted by molar-refractivity contribution is 0.269. The molecule has 166 valence electrons. The maximum Gasteiger partial charge on any atom is 0.274 e. The first-order chi connectivity index (χ1) is 16.0. The van der Waals surface area contributed by atoms with Gasteiger partial charge in [-0.25, -0.2) is 9.38 Å². The van der Waals surface area contributed by atoms with E-state index >= 15 is 0 Å². The number of rotatable bonds is 6. The fourth-order valence-electron chi connectivity index (χ4n) is 3.54. The molecule has 0 radical (unpaired) electrons. The van der Waals surface area contributed by atoms with Crippen LogP contribution in [-0.2, 0) is 6.61 Å². The van der Waals surface area contributed by atoms with Gasteiger partial charge >= 0.3 is 0 Å². The molecule has 5 nitrogen and oxygen atoms in total. The number of thiazole rings is 1. The molecule has 0 saturated heterocycles. The SMILES string of the molecule is CCOc1cc(/C=c2\sc3nc4ccccc4n3c2=O)c(Br)cc1OCc1ccc(I)cc1. The summed E-state index contributed by atoms with van der Waals surface area (Å²) in [5, 5.41) is 0. The molecule has 3 aromatic carbocycles. The van der Waals surface area contributed by atoms with Crippen molar-refractivity contribution in [3.63, 3.8) is 0 Å². The van der Waals surface area contributed by atoms with Crippen LogP contribution in [0.1, 0.15) is 18.1 Å². The summed E-state index contributed by atoms with van der Waals surface area (Å²) < 4.78 is 16.2. The molecule has 0 unspecified atom stereocenters. The van der Waals surface area contributed by atoms with Gasteiger partial charge < -0.3 is 9.47 Å². The van der Waals surface area contributed by atoms with E-state index in [2.05, 4.69) is 55.6 Å². The molecule has 5 rings (SSSR count). The minimum atomic E-state index is -0.0763. The van der Waals surface area contributed by atoms with Gasteiger partial charge in [-0.3, -0.25) is 4.79 Å². The Kier molecular flexibility index (Phi) is 6.40. The minimum Gasteiger partial charge on any atom is -0.490 e. The van der Waals surface area contributed by atoms with E-state index < -0.39 is 0 Å². The van der Waals surface area contributed by atoms with E-state index in [0.29, 0.717) is 34.2 Å². The van der Waals surface area contributed by atoms with Crippen LogP contribution in [0.4, 0.5) is 0 Å². The number of para-hydroxylation sites is 2. The molecule has 0 saturated carbocycles. The van der Waals surface area contributed by atoms with Crippen molar-refractivity contribution in [2.45, 2.75) is 13.5 Å². The fraction of sp³-hybridized carbons (Fsp3) is 0.120. The Hall–Kier alpha value is -2.43. The van der Waals surface area contributed by atoms with Crippen molar-refractivity contribution >= 4 is 71.9 Å². The molecule has 5 aromatic rings. The summed E-state index contributed by atoms with van der Waals surface area (Å²) in [6.07, 6.45) is 1.87. The Morgan fingerprint density at radius 3 is 2.64 bits per heavy atom. The van der Waals surface area contributed by atoms with Crippen molar-refractivity contribution in [3.05, 3.63) is 94.7 Å². The second-order valence-corrected chi connectivity index (χ2v) is 10.4. The Labute approximate surface area is 215 Å². The van der Waals surface area contributed by atoms with Crippen molar-refractivity contribution in [3.8, 4) is 11.5 Å². The highest BCUT2D eigenvalue weighted by Gasteiger charge is 2.13. The summed E-state index contributed by atoms with van der Waals surface area (Å²) in [5.74, 6) is 1.28. The zero-order chi connectivity index (χ0) is 22.9. The molecule has 0 aliphatic heterocycles. The van der Waals surface area contributed by atoms with Crippen molar-refractivity contribution in [1.29, 1.82) is 0 Å². The maximum absolute atomic E-state index is 13.1. The van der Waals surface area contributed by atoms with Gasteiger partial charge in [0, 0.05) is 8.04 Å². The summed E-state index contributed by atoms with van der Waals surface area (Å²) >= 11 is 7.29. The topological polar surface area (TPSA) is 52.8 Å². The van der Waals surface area contributed by atoms with Crippen LogP contribution in [0, 0.1) is 3.57 Å². The van der Waals surface area contributed by atoms with E-state index in [1.165, 1.54) is 14.9 Å². The second-order valence-electron chi connectivity index (χ2n) is 7.30. The number of halogens is 2. The molecule has 2 aromatic heterocycles. The van der Waals surface area contributed by atoms with Crippen LogP contribution >= 0.6 is 49.9 Å². The van der Waals surface area contributed by atoms with Gasteiger partial charge in [0.05, 0.1) is 22.2 Å². The lowest BCUT2D eigenvalue weighted by atomic mass is 10.2. The molecule has 0 fully saturated rings. The van der Waals surface area contributed by atoms with Gasteiger partial charge in [-0.2, -0.15) is 0 Å². The summed E-state index contributed by atoms with van der Waals surface area (Å²) in [5.41, 5.74) is 3.48. The highest BCUT2D eigenvalue weighted by atomic mass is 127. The average Bonchev–Trinajstić information content (AvgIpc) is 3.32. The number of hydrogen-bond donors (Lipinski definition) is 0. The fourth-order valence-corrected chi connectivity index (χ4v) is 5.31. The van der Waals surface area contributed by atoms with Crippen LogP contribution in [0.3, 0.4) is 0 Å². The molecule has 0 atom stereocenters. The standard InChI is InChI=1S/C25H18BrIN2O3S/c1-2-31-21-11-16(18(26)13-22(21)32-14-15-7-9-17(27)10-8-15)12-23-24(30)29-20-6-4-3-5-19(20)28-25(29)33-23/h3-13H,2,14H2,1H3/b23-12-. The molecule has 0 aliphatic rings. The summed E-state index contributed by atoms with van der Waals surface area (Å²) in [6, 6.07) is 19.7. The predicted molar refractivity (Wildman–Crippen MR) is 144 cm³/mol. The number of ether oxygens (including phenoxy) is 2. The van der Waals surface area contributed by atoms with Crippen molar-refractivity contribution in [2.75, 3.05) is 6.61 Å².